The van der Waals surface area contributed by atoms with Gasteiger partial charge in [-0.25, -0.2) is 0 Å². The van der Waals surface area contributed by atoms with Crippen LogP contribution in [0, 0.1) is 0 Å². The summed E-state index contributed by atoms with van der Waals surface area (Å²) in [5, 5.41) is 2.50. The number of hydrogen-bond donors (Lipinski definition) is 1. The van der Waals surface area contributed by atoms with E-state index in [0.717, 1.165) is 5.56 Å². The lowest BCUT2D eigenvalue weighted by molar-refractivity contribution is -0.143. The van der Waals surface area contributed by atoms with Gasteiger partial charge in [0.15, 0.2) is 11.5 Å². The van der Waals surface area contributed by atoms with Crippen LogP contribution in [0.3, 0.4) is 0 Å². The van der Waals surface area contributed by atoms with Crippen molar-refractivity contribution in [2.45, 2.75) is 13.3 Å². The normalized spacial score (nSPS) is 9.29. The molecule has 3 N–H and O–H groups in total. The molecule has 0 unspecified atom stereocenters. The minimum Gasteiger partial charge on any atom is -0.493 e. The van der Waals surface area contributed by atoms with Crippen molar-refractivity contribution in [2.75, 3.05) is 27.4 Å². The van der Waals surface area contributed by atoms with E-state index in [1.165, 1.54) is 7.11 Å². The van der Waals surface area contributed by atoms with Crippen LogP contribution >= 0.6 is 0 Å². The SMILES string of the molecule is CCOC(=O)CNC(=O)Cc1ccc(OC)c(OC)c1.O. The van der Waals surface area contributed by atoms with Crippen molar-refractivity contribution >= 4 is 11.9 Å². The number of nitrogens with one attached hydrogen (secondary N) is 1. The van der Waals surface area contributed by atoms with Gasteiger partial charge in [0.1, 0.15) is 6.54 Å². The lowest BCUT2D eigenvalue weighted by Crippen LogP contribution is -2.31. The van der Waals surface area contributed by atoms with Crippen LogP contribution in [0.15, 0.2) is 18.2 Å². The second-order valence-electron chi connectivity index (χ2n) is 3.95. The van der Waals surface area contributed by atoms with Crippen LogP contribution in [-0.4, -0.2) is 44.7 Å². The van der Waals surface area contributed by atoms with Crippen LogP contribution < -0.4 is 14.8 Å². The van der Waals surface area contributed by atoms with Crippen LogP contribution in [0.4, 0.5) is 0 Å². The molecule has 0 saturated carbocycles. The van der Waals surface area contributed by atoms with Gasteiger partial charge in [-0.05, 0) is 24.6 Å². The van der Waals surface area contributed by atoms with E-state index in [9.17, 15) is 9.59 Å². The van der Waals surface area contributed by atoms with Crippen molar-refractivity contribution in [2.24, 2.45) is 0 Å². The number of benzene rings is 1. The Balaban J connectivity index is 0.00000400. The predicted octanol–water partition coefficient (Wildman–Crippen LogP) is 0.101. The molecule has 0 aliphatic rings. The maximum atomic E-state index is 11.7. The van der Waals surface area contributed by atoms with Crippen molar-refractivity contribution < 1.29 is 29.3 Å². The Labute approximate surface area is 123 Å². The zero-order valence-corrected chi connectivity index (χ0v) is 12.4. The topological polar surface area (TPSA) is 105 Å². The summed E-state index contributed by atoms with van der Waals surface area (Å²) in [6.07, 6.45) is 0.153. The lowest BCUT2D eigenvalue weighted by atomic mass is 10.1. The summed E-state index contributed by atoms with van der Waals surface area (Å²) >= 11 is 0. The molecule has 0 aliphatic carbocycles. The van der Waals surface area contributed by atoms with Gasteiger partial charge in [0, 0.05) is 0 Å². The van der Waals surface area contributed by atoms with Crippen LogP contribution in [0.25, 0.3) is 0 Å². The summed E-state index contributed by atoms with van der Waals surface area (Å²) in [5.41, 5.74) is 0.768. The molecule has 1 amide bonds. The third-order valence-electron chi connectivity index (χ3n) is 2.55. The molecule has 0 radical (unpaired) electrons. The van der Waals surface area contributed by atoms with Gasteiger partial charge in [-0.2, -0.15) is 0 Å². The van der Waals surface area contributed by atoms with Gasteiger partial charge >= 0.3 is 5.97 Å². The first kappa shape index (κ1) is 18.7. The third kappa shape index (κ3) is 6.13. The highest BCUT2D eigenvalue weighted by Gasteiger charge is 2.09. The first-order valence-electron chi connectivity index (χ1n) is 6.24. The van der Waals surface area contributed by atoms with E-state index in [1.54, 1.807) is 32.2 Å². The average molecular weight is 299 g/mol. The van der Waals surface area contributed by atoms with Crippen LogP contribution in [-0.2, 0) is 20.7 Å². The van der Waals surface area contributed by atoms with Crippen molar-refractivity contribution in [1.29, 1.82) is 0 Å². The standard InChI is InChI=1S/C14H19NO5.H2O/c1-4-20-14(17)9-15-13(16)8-10-5-6-11(18-2)12(7-10)19-3;/h5-7H,4,8-9H2,1-3H3,(H,15,16);1H2. The number of ether oxygens (including phenoxy) is 3. The van der Waals surface area contributed by atoms with Crippen LogP contribution in [0.1, 0.15) is 12.5 Å². The second-order valence-corrected chi connectivity index (χ2v) is 3.95. The van der Waals surface area contributed by atoms with Gasteiger partial charge in [0.05, 0.1) is 27.2 Å². The minimum atomic E-state index is -0.451. The molecule has 7 nitrogen and oxygen atoms in total. The molecule has 0 aliphatic heterocycles. The van der Waals surface area contributed by atoms with Gasteiger partial charge < -0.3 is 25.0 Å². The number of carbonyl (C=O) groups is 2. The molecule has 7 heteroatoms. The number of methoxy groups -OCH3 is 2. The van der Waals surface area contributed by atoms with Crippen molar-refractivity contribution in [3.63, 3.8) is 0 Å². The molecule has 1 aromatic rings. The Morgan fingerprint density at radius 1 is 1.14 bits per heavy atom. The van der Waals surface area contributed by atoms with E-state index in [1.807, 2.05) is 0 Å². The molecule has 0 atom stereocenters. The summed E-state index contributed by atoms with van der Waals surface area (Å²) in [7, 11) is 3.08. The van der Waals surface area contributed by atoms with Crippen molar-refractivity contribution in [3.8, 4) is 11.5 Å². The summed E-state index contributed by atoms with van der Waals surface area (Å²) < 4.78 is 15.0. The molecule has 0 spiro atoms. The highest BCUT2D eigenvalue weighted by molar-refractivity contribution is 5.83. The molecule has 0 saturated heterocycles. The molecular weight excluding hydrogens is 278 g/mol. The zero-order valence-electron chi connectivity index (χ0n) is 12.4. The highest BCUT2D eigenvalue weighted by atomic mass is 16.5. The van der Waals surface area contributed by atoms with E-state index < -0.39 is 5.97 Å². The third-order valence-corrected chi connectivity index (χ3v) is 2.55. The molecule has 1 rings (SSSR count). The molecule has 118 valence electrons. The number of amides is 1. The zero-order chi connectivity index (χ0) is 15.0. The smallest absolute Gasteiger partial charge is 0.325 e. The van der Waals surface area contributed by atoms with Gasteiger partial charge in [-0.3, -0.25) is 9.59 Å². The van der Waals surface area contributed by atoms with Gasteiger partial charge in [0.2, 0.25) is 5.91 Å². The Morgan fingerprint density at radius 3 is 2.38 bits per heavy atom. The fourth-order valence-electron chi connectivity index (χ4n) is 1.62. The average Bonchev–Trinajstić information content (AvgIpc) is 2.45. The van der Waals surface area contributed by atoms with Gasteiger partial charge in [-0.1, -0.05) is 6.07 Å². The maximum Gasteiger partial charge on any atom is 0.325 e. The molecule has 0 heterocycles. The van der Waals surface area contributed by atoms with Crippen LogP contribution in [0.2, 0.25) is 0 Å². The fourth-order valence-corrected chi connectivity index (χ4v) is 1.62. The first-order valence-corrected chi connectivity index (χ1v) is 6.24. The Morgan fingerprint density at radius 2 is 1.81 bits per heavy atom. The Kier molecular flexibility index (Phi) is 8.55. The second kappa shape index (κ2) is 9.60. The minimum absolute atomic E-state index is 0. The van der Waals surface area contributed by atoms with Crippen molar-refractivity contribution in [1.82, 2.24) is 5.32 Å². The largest absolute Gasteiger partial charge is 0.493 e. The molecule has 0 aromatic heterocycles. The summed E-state index contributed by atoms with van der Waals surface area (Å²) in [5.74, 6) is 0.449. The summed E-state index contributed by atoms with van der Waals surface area (Å²) in [6.45, 7) is 1.88. The number of rotatable bonds is 7. The van der Waals surface area contributed by atoms with E-state index in [-0.39, 0.29) is 24.3 Å². The quantitative estimate of drug-likeness (QED) is 0.719. The summed E-state index contributed by atoms with van der Waals surface area (Å²) in [4.78, 5) is 22.8. The maximum absolute atomic E-state index is 11.7. The molecule has 0 fully saturated rings. The van der Waals surface area contributed by atoms with E-state index in [4.69, 9.17) is 14.2 Å². The monoisotopic (exact) mass is 299 g/mol. The number of hydrogen-bond acceptors (Lipinski definition) is 5. The first-order chi connectivity index (χ1) is 9.60. The van der Waals surface area contributed by atoms with E-state index in [0.29, 0.717) is 18.1 Å². The van der Waals surface area contributed by atoms with Gasteiger partial charge in [-0.15, -0.1) is 0 Å². The number of carbonyl (C=O) groups excluding carboxylic acids is 2. The molecule has 0 bridgehead atoms. The lowest BCUT2D eigenvalue weighted by Gasteiger charge is -2.09. The summed E-state index contributed by atoms with van der Waals surface area (Å²) in [6, 6.07) is 5.22. The Bertz CT molecular complexity index is 475. The highest BCUT2D eigenvalue weighted by Crippen LogP contribution is 2.27. The van der Waals surface area contributed by atoms with E-state index >= 15 is 0 Å². The van der Waals surface area contributed by atoms with Crippen molar-refractivity contribution in [3.05, 3.63) is 23.8 Å². The molecular formula is C14H21NO6. The van der Waals surface area contributed by atoms with Gasteiger partial charge in [0.25, 0.3) is 0 Å². The van der Waals surface area contributed by atoms with E-state index in [2.05, 4.69) is 5.32 Å². The number of esters is 1. The van der Waals surface area contributed by atoms with Crippen LogP contribution in [0.5, 0.6) is 11.5 Å². The molecule has 1 aromatic carbocycles. The Hall–Kier alpha value is -2.28. The fraction of sp³-hybridized carbons (Fsp3) is 0.429. The predicted molar refractivity (Wildman–Crippen MR) is 76.5 cm³/mol. The molecule has 21 heavy (non-hydrogen) atoms.